The number of rotatable bonds is 2. The molecular formula is C15H18N4O2. The Bertz CT molecular complexity index is 674. The summed E-state index contributed by atoms with van der Waals surface area (Å²) >= 11 is 0. The van der Waals surface area contributed by atoms with E-state index in [0.29, 0.717) is 24.8 Å². The number of aryl methyl sites for hydroxylation is 3. The summed E-state index contributed by atoms with van der Waals surface area (Å²) in [7, 11) is 0. The number of hydrogen-bond acceptors (Lipinski definition) is 4. The van der Waals surface area contributed by atoms with Gasteiger partial charge in [0.25, 0.3) is 0 Å². The highest BCUT2D eigenvalue weighted by molar-refractivity contribution is 5.90. The smallest absolute Gasteiger partial charge is 0.321 e. The molecule has 1 aliphatic heterocycles. The topological polar surface area (TPSA) is 71.3 Å². The minimum absolute atomic E-state index is 0.0919. The predicted molar refractivity (Wildman–Crippen MR) is 78.3 cm³/mol. The number of nitrogens with zero attached hydrogens (tertiary/aromatic N) is 3. The van der Waals surface area contributed by atoms with E-state index < -0.39 is 0 Å². The van der Waals surface area contributed by atoms with Crippen LogP contribution in [-0.4, -0.2) is 34.2 Å². The second-order valence-corrected chi connectivity index (χ2v) is 5.51. The maximum absolute atomic E-state index is 12.1. The van der Waals surface area contributed by atoms with Crippen molar-refractivity contribution in [2.24, 2.45) is 0 Å². The molecule has 21 heavy (non-hydrogen) atoms. The molecule has 0 saturated carbocycles. The minimum Gasteiger partial charge on any atom is -0.339 e. The van der Waals surface area contributed by atoms with Crippen LogP contribution in [0.5, 0.6) is 0 Å². The van der Waals surface area contributed by atoms with Gasteiger partial charge in [0.05, 0.1) is 5.92 Å². The largest absolute Gasteiger partial charge is 0.339 e. The molecule has 6 heteroatoms. The Balaban J connectivity index is 1.57. The highest BCUT2D eigenvalue weighted by Crippen LogP contribution is 2.26. The van der Waals surface area contributed by atoms with Crippen LogP contribution in [0.1, 0.15) is 28.8 Å². The molecule has 110 valence electrons. The average molecular weight is 286 g/mol. The highest BCUT2D eigenvalue weighted by atomic mass is 16.5. The van der Waals surface area contributed by atoms with Gasteiger partial charge in [0.1, 0.15) is 0 Å². The molecule has 0 unspecified atom stereocenters. The Morgan fingerprint density at radius 2 is 2.05 bits per heavy atom. The van der Waals surface area contributed by atoms with Crippen LogP contribution in [-0.2, 0) is 0 Å². The van der Waals surface area contributed by atoms with E-state index in [4.69, 9.17) is 4.52 Å². The molecule has 1 fully saturated rings. The van der Waals surface area contributed by atoms with Gasteiger partial charge in [-0.2, -0.15) is 4.98 Å². The summed E-state index contributed by atoms with van der Waals surface area (Å²) in [6.45, 7) is 7.09. The summed E-state index contributed by atoms with van der Waals surface area (Å²) in [6.07, 6.45) is 0. The Kier molecular flexibility index (Phi) is 3.37. The van der Waals surface area contributed by atoms with Crippen molar-refractivity contribution in [2.75, 3.05) is 18.4 Å². The average Bonchev–Trinajstić information content (AvgIpc) is 2.78. The number of urea groups is 1. The number of nitrogens with one attached hydrogen (secondary N) is 1. The third-order valence-electron chi connectivity index (χ3n) is 3.82. The lowest BCUT2D eigenvalue weighted by Gasteiger charge is -2.36. The zero-order chi connectivity index (χ0) is 15.0. The number of likely N-dealkylation sites (tertiary alicyclic amines) is 1. The Morgan fingerprint density at radius 1 is 1.29 bits per heavy atom. The van der Waals surface area contributed by atoms with Gasteiger partial charge in [-0.15, -0.1) is 0 Å². The molecule has 6 nitrogen and oxygen atoms in total. The third kappa shape index (κ3) is 2.74. The van der Waals surface area contributed by atoms with Crippen LogP contribution in [0.15, 0.2) is 22.7 Å². The first-order chi connectivity index (χ1) is 10.0. The van der Waals surface area contributed by atoms with E-state index in [1.54, 1.807) is 11.8 Å². The minimum atomic E-state index is -0.0919. The molecule has 2 aromatic rings. The maximum atomic E-state index is 12.1. The van der Waals surface area contributed by atoms with Gasteiger partial charge in [-0.05, 0) is 44.0 Å². The number of anilines is 1. The third-order valence-corrected chi connectivity index (χ3v) is 3.82. The normalized spacial score (nSPS) is 14.9. The standard InChI is InChI=1S/C15H18N4O2/c1-9-4-5-13(6-10(9)2)17-15(20)19-7-12(8-19)14-16-11(3)18-21-14/h4-6,12H,7-8H2,1-3H3,(H,17,20). The van der Waals surface area contributed by atoms with Crippen LogP contribution in [0.25, 0.3) is 0 Å². The zero-order valence-corrected chi connectivity index (χ0v) is 12.4. The molecule has 0 aliphatic carbocycles. The number of carbonyl (C=O) groups is 1. The number of carbonyl (C=O) groups excluding carboxylic acids is 1. The fraction of sp³-hybridized carbons (Fsp3) is 0.400. The second kappa shape index (κ2) is 5.20. The van der Waals surface area contributed by atoms with Crippen LogP contribution < -0.4 is 5.32 Å². The van der Waals surface area contributed by atoms with Crippen molar-refractivity contribution in [1.82, 2.24) is 15.0 Å². The quantitative estimate of drug-likeness (QED) is 0.921. The molecule has 1 aromatic carbocycles. The molecule has 1 aromatic heterocycles. The fourth-order valence-corrected chi connectivity index (χ4v) is 2.30. The summed E-state index contributed by atoms with van der Waals surface area (Å²) in [5.74, 6) is 1.39. The number of aromatic nitrogens is 2. The van der Waals surface area contributed by atoms with Gasteiger partial charge in [-0.3, -0.25) is 0 Å². The van der Waals surface area contributed by atoms with Gasteiger partial charge >= 0.3 is 6.03 Å². The SMILES string of the molecule is Cc1noc(C2CN(C(=O)Nc3ccc(C)c(C)c3)C2)n1. The van der Waals surface area contributed by atoms with Gasteiger partial charge in [-0.1, -0.05) is 11.2 Å². The van der Waals surface area contributed by atoms with Gasteiger partial charge < -0.3 is 14.7 Å². The van der Waals surface area contributed by atoms with Gasteiger partial charge in [0, 0.05) is 18.8 Å². The van der Waals surface area contributed by atoms with Crippen molar-refractivity contribution < 1.29 is 9.32 Å². The van der Waals surface area contributed by atoms with Crippen molar-refractivity contribution in [3.63, 3.8) is 0 Å². The van der Waals surface area contributed by atoms with E-state index in [1.807, 2.05) is 32.0 Å². The molecule has 1 N–H and O–H groups in total. The lowest BCUT2D eigenvalue weighted by atomic mass is 10.0. The summed E-state index contributed by atoms with van der Waals surface area (Å²) < 4.78 is 5.12. The van der Waals surface area contributed by atoms with Crippen LogP contribution in [0.2, 0.25) is 0 Å². The van der Waals surface area contributed by atoms with Gasteiger partial charge in [0.2, 0.25) is 5.89 Å². The van der Waals surface area contributed by atoms with Crippen LogP contribution in [0, 0.1) is 20.8 Å². The first-order valence-corrected chi connectivity index (χ1v) is 6.96. The van der Waals surface area contributed by atoms with E-state index in [2.05, 4.69) is 15.5 Å². The van der Waals surface area contributed by atoms with Crippen molar-refractivity contribution in [2.45, 2.75) is 26.7 Å². The molecule has 0 bridgehead atoms. The molecule has 1 aliphatic rings. The van der Waals surface area contributed by atoms with E-state index in [1.165, 1.54) is 5.56 Å². The molecule has 1 saturated heterocycles. The Morgan fingerprint density at radius 3 is 2.67 bits per heavy atom. The maximum Gasteiger partial charge on any atom is 0.321 e. The molecule has 2 heterocycles. The lowest BCUT2D eigenvalue weighted by molar-refractivity contribution is 0.147. The van der Waals surface area contributed by atoms with Gasteiger partial charge in [-0.25, -0.2) is 4.79 Å². The predicted octanol–water partition coefficient (Wildman–Crippen LogP) is 2.63. The molecule has 3 rings (SSSR count). The Labute approximate surface area is 123 Å². The fourth-order valence-electron chi connectivity index (χ4n) is 2.30. The van der Waals surface area contributed by atoms with Crippen molar-refractivity contribution in [3.05, 3.63) is 41.0 Å². The second-order valence-electron chi connectivity index (χ2n) is 5.51. The molecule has 0 radical (unpaired) electrons. The summed E-state index contributed by atoms with van der Waals surface area (Å²) in [5.41, 5.74) is 3.19. The summed E-state index contributed by atoms with van der Waals surface area (Å²) in [6, 6.07) is 5.81. The van der Waals surface area contributed by atoms with Crippen LogP contribution in [0.3, 0.4) is 0 Å². The van der Waals surface area contributed by atoms with Crippen molar-refractivity contribution in [3.8, 4) is 0 Å². The molecule has 0 atom stereocenters. The summed E-state index contributed by atoms with van der Waals surface area (Å²) in [5, 5.41) is 6.68. The first kappa shape index (κ1) is 13.6. The van der Waals surface area contributed by atoms with Crippen molar-refractivity contribution >= 4 is 11.7 Å². The first-order valence-electron chi connectivity index (χ1n) is 6.96. The van der Waals surface area contributed by atoms with Crippen LogP contribution in [0.4, 0.5) is 10.5 Å². The monoisotopic (exact) mass is 286 g/mol. The van der Waals surface area contributed by atoms with E-state index in [0.717, 1.165) is 11.3 Å². The zero-order valence-electron chi connectivity index (χ0n) is 12.4. The number of benzene rings is 1. The molecule has 2 amide bonds. The van der Waals surface area contributed by atoms with E-state index in [9.17, 15) is 4.79 Å². The van der Waals surface area contributed by atoms with E-state index >= 15 is 0 Å². The molecular weight excluding hydrogens is 268 g/mol. The van der Waals surface area contributed by atoms with Crippen molar-refractivity contribution in [1.29, 1.82) is 0 Å². The number of hydrogen-bond donors (Lipinski definition) is 1. The van der Waals surface area contributed by atoms with Crippen LogP contribution >= 0.6 is 0 Å². The molecule has 0 spiro atoms. The highest BCUT2D eigenvalue weighted by Gasteiger charge is 2.35. The Hall–Kier alpha value is -2.37. The summed E-state index contributed by atoms with van der Waals surface area (Å²) in [4.78, 5) is 18.1. The van der Waals surface area contributed by atoms with Gasteiger partial charge in [0.15, 0.2) is 5.82 Å². The van der Waals surface area contributed by atoms with E-state index in [-0.39, 0.29) is 11.9 Å². The number of amides is 2. The lowest BCUT2D eigenvalue weighted by Crippen LogP contribution is -2.50.